The van der Waals surface area contributed by atoms with E-state index in [2.05, 4.69) is 5.10 Å². The number of carbonyl (C=O) groups excluding carboxylic acids is 2. The van der Waals surface area contributed by atoms with Crippen LogP contribution in [0.4, 0.5) is 0 Å². The van der Waals surface area contributed by atoms with Crippen molar-refractivity contribution in [3.8, 4) is 11.4 Å². The predicted octanol–water partition coefficient (Wildman–Crippen LogP) is 2.36. The molecule has 0 saturated heterocycles. The summed E-state index contributed by atoms with van der Waals surface area (Å²) in [6.07, 6.45) is 0.183. The van der Waals surface area contributed by atoms with Crippen LogP contribution < -0.4 is 4.74 Å². The molecule has 32 heavy (non-hydrogen) atoms. The lowest BCUT2D eigenvalue weighted by Gasteiger charge is -2.27. The van der Waals surface area contributed by atoms with Gasteiger partial charge in [0.2, 0.25) is 0 Å². The first-order valence-electron chi connectivity index (χ1n) is 9.76. The average molecular weight is 455 g/mol. The number of methoxy groups -OCH3 is 2. The number of hydrogen-bond acceptors (Lipinski definition) is 7. The van der Waals surface area contributed by atoms with Crippen molar-refractivity contribution in [2.24, 2.45) is 0 Å². The van der Waals surface area contributed by atoms with E-state index >= 15 is 0 Å². The largest absolute Gasteiger partial charge is 0.497 e. The number of aryl methyl sites for hydroxylation is 1. The maximum atomic E-state index is 13.4. The molecule has 0 N–H and O–H groups in total. The molecule has 0 fully saturated rings. The zero-order valence-corrected chi connectivity index (χ0v) is 18.5. The van der Waals surface area contributed by atoms with E-state index in [1.54, 1.807) is 43.5 Å². The van der Waals surface area contributed by atoms with Gasteiger partial charge in [-0.25, -0.2) is 22.2 Å². The van der Waals surface area contributed by atoms with Gasteiger partial charge >= 0.3 is 5.97 Å². The SMILES string of the molecule is COC(=O)c1nn(-c2ccc(OC)cc2)c2c1C(=O)N(S(=O)(=O)c1ccc(C)cc1)CC2. The van der Waals surface area contributed by atoms with Crippen molar-refractivity contribution >= 4 is 21.9 Å². The average Bonchev–Trinajstić information content (AvgIpc) is 3.19. The molecule has 0 atom stereocenters. The van der Waals surface area contributed by atoms with Crippen molar-refractivity contribution in [1.29, 1.82) is 0 Å². The summed E-state index contributed by atoms with van der Waals surface area (Å²) >= 11 is 0. The molecule has 0 spiro atoms. The van der Waals surface area contributed by atoms with Crippen molar-refractivity contribution in [2.75, 3.05) is 20.8 Å². The standard InChI is InChI=1S/C22H21N3O6S/c1-14-4-10-17(11-5-14)32(28,29)24-13-12-18-19(21(24)26)20(22(27)31-3)23-25(18)15-6-8-16(30-2)9-7-15/h4-11H,12-13H2,1-3H3. The van der Waals surface area contributed by atoms with Crippen molar-refractivity contribution in [3.63, 3.8) is 0 Å². The summed E-state index contributed by atoms with van der Waals surface area (Å²) in [5.41, 5.74) is 1.63. The van der Waals surface area contributed by atoms with Crippen LogP contribution in [0.25, 0.3) is 5.69 Å². The number of aromatic nitrogens is 2. The topological polar surface area (TPSA) is 108 Å². The Hall–Kier alpha value is -3.66. The van der Waals surface area contributed by atoms with Gasteiger partial charge in [-0.3, -0.25) is 4.79 Å². The lowest BCUT2D eigenvalue weighted by molar-refractivity contribution is 0.0586. The molecule has 1 amide bonds. The Morgan fingerprint density at radius 3 is 2.28 bits per heavy atom. The molecule has 3 aromatic rings. The number of esters is 1. The van der Waals surface area contributed by atoms with Gasteiger partial charge in [0.15, 0.2) is 5.69 Å². The van der Waals surface area contributed by atoms with E-state index in [-0.39, 0.29) is 29.1 Å². The molecule has 0 unspecified atom stereocenters. The van der Waals surface area contributed by atoms with E-state index < -0.39 is 21.9 Å². The quantitative estimate of drug-likeness (QED) is 0.544. The van der Waals surface area contributed by atoms with Crippen LogP contribution in [0.3, 0.4) is 0 Å². The highest BCUT2D eigenvalue weighted by Gasteiger charge is 2.40. The van der Waals surface area contributed by atoms with Crippen LogP contribution in [0.1, 0.15) is 32.1 Å². The highest BCUT2D eigenvalue weighted by Crippen LogP contribution is 2.30. The Kier molecular flexibility index (Phi) is 5.47. The number of hydrogen-bond donors (Lipinski definition) is 0. The highest BCUT2D eigenvalue weighted by molar-refractivity contribution is 7.89. The normalized spacial score (nSPS) is 13.6. The van der Waals surface area contributed by atoms with Gasteiger partial charge in [-0.1, -0.05) is 17.7 Å². The van der Waals surface area contributed by atoms with Gasteiger partial charge in [-0.2, -0.15) is 5.10 Å². The van der Waals surface area contributed by atoms with Crippen molar-refractivity contribution < 1.29 is 27.5 Å². The molecule has 1 aliphatic heterocycles. The number of rotatable bonds is 5. The Labute approximate surface area is 185 Å². The number of nitrogens with zero attached hydrogens (tertiary/aromatic N) is 3. The Morgan fingerprint density at radius 1 is 1.03 bits per heavy atom. The van der Waals surface area contributed by atoms with Crippen LogP contribution >= 0.6 is 0 Å². The first kappa shape index (κ1) is 21.6. The van der Waals surface area contributed by atoms with Gasteiger partial charge in [0.1, 0.15) is 5.75 Å². The molecule has 0 radical (unpaired) electrons. The summed E-state index contributed by atoms with van der Waals surface area (Å²) in [5, 5.41) is 4.30. The fourth-order valence-electron chi connectivity index (χ4n) is 3.59. The third-order valence-electron chi connectivity index (χ3n) is 5.28. The number of benzene rings is 2. The number of amides is 1. The molecular formula is C22H21N3O6S. The minimum atomic E-state index is -4.11. The van der Waals surface area contributed by atoms with Crippen molar-refractivity contribution in [1.82, 2.24) is 14.1 Å². The fraction of sp³-hybridized carbons (Fsp3) is 0.227. The van der Waals surface area contributed by atoms with Gasteiger partial charge in [0.05, 0.1) is 36.1 Å². The molecule has 4 rings (SSSR count). The van der Waals surface area contributed by atoms with Crippen molar-refractivity contribution in [3.05, 3.63) is 71.0 Å². The number of fused-ring (bicyclic) bond motifs is 1. The monoisotopic (exact) mass is 455 g/mol. The molecule has 0 aliphatic carbocycles. The Bertz CT molecular complexity index is 1290. The van der Waals surface area contributed by atoms with Gasteiger partial charge in [-0.15, -0.1) is 0 Å². The van der Waals surface area contributed by atoms with Gasteiger partial charge < -0.3 is 9.47 Å². The summed E-state index contributed by atoms with van der Waals surface area (Å²) < 4.78 is 38.5. The molecule has 0 bridgehead atoms. The summed E-state index contributed by atoms with van der Waals surface area (Å²) in [6, 6.07) is 13.1. The Morgan fingerprint density at radius 2 is 1.69 bits per heavy atom. The lowest BCUT2D eigenvalue weighted by Crippen LogP contribution is -2.42. The first-order chi connectivity index (χ1) is 15.3. The van der Waals surface area contributed by atoms with E-state index in [1.807, 2.05) is 6.92 Å². The lowest BCUT2D eigenvalue weighted by atomic mass is 10.1. The van der Waals surface area contributed by atoms with E-state index in [0.29, 0.717) is 17.1 Å². The second-order valence-electron chi connectivity index (χ2n) is 7.22. The van der Waals surface area contributed by atoms with E-state index in [0.717, 1.165) is 9.87 Å². The van der Waals surface area contributed by atoms with Crippen LogP contribution in [0.5, 0.6) is 5.75 Å². The maximum absolute atomic E-state index is 13.4. The molecule has 10 heteroatoms. The minimum Gasteiger partial charge on any atom is -0.497 e. The molecule has 9 nitrogen and oxygen atoms in total. The molecular weight excluding hydrogens is 434 g/mol. The van der Waals surface area contributed by atoms with Crippen LogP contribution in [0.15, 0.2) is 53.4 Å². The highest BCUT2D eigenvalue weighted by atomic mass is 32.2. The molecule has 2 aromatic carbocycles. The summed E-state index contributed by atoms with van der Waals surface area (Å²) in [7, 11) is -1.39. The molecule has 1 aromatic heterocycles. The molecule has 0 saturated carbocycles. The Balaban J connectivity index is 1.81. The van der Waals surface area contributed by atoms with Gasteiger partial charge in [-0.05, 0) is 43.3 Å². The van der Waals surface area contributed by atoms with E-state index in [1.165, 1.54) is 23.9 Å². The number of carbonyl (C=O) groups is 2. The maximum Gasteiger partial charge on any atom is 0.359 e. The zero-order valence-electron chi connectivity index (χ0n) is 17.7. The molecule has 2 heterocycles. The van der Waals surface area contributed by atoms with E-state index in [4.69, 9.17) is 9.47 Å². The van der Waals surface area contributed by atoms with E-state index in [9.17, 15) is 18.0 Å². The third kappa shape index (κ3) is 3.52. The zero-order chi connectivity index (χ0) is 23.0. The summed E-state index contributed by atoms with van der Waals surface area (Å²) in [5.74, 6) is -1.00. The minimum absolute atomic E-state index is 0.00191. The number of sulfonamides is 1. The summed E-state index contributed by atoms with van der Waals surface area (Å²) in [6.45, 7) is 1.76. The van der Waals surface area contributed by atoms with Gasteiger partial charge in [0.25, 0.3) is 15.9 Å². The number of ether oxygens (including phenoxy) is 2. The van der Waals surface area contributed by atoms with Gasteiger partial charge in [0, 0.05) is 13.0 Å². The van der Waals surface area contributed by atoms with Crippen molar-refractivity contribution in [2.45, 2.75) is 18.2 Å². The van der Waals surface area contributed by atoms with Crippen LogP contribution in [-0.2, 0) is 21.2 Å². The van der Waals surface area contributed by atoms with Crippen LogP contribution in [-0.4, -0.2) is 55.1 Å². The van der Waals surface area contributed by atoms with Crippen LogP contribution in [0, 0.1) is 6.92 Å². The smallest absolute Gasteiger partial charge is 0.359 e. The fourth-order valence-corrected chi connectivity index (χ4v) is 4.96. The predicted molar refractivity (Wildman–Crippen MR) is 115 cm³/mol. The first-order valence-corrected chi connectivity index (χ1v) is 11.2. The second kappa shape index (κ2) is 8.12. The second-order valence-corrected chi connectivity index (χ2v) is 9.08. The summed E-state index contributed by atoms with van der Waals surface area (Å²) in [4.78, 5) is 25.8. The molecule has 1 aliphatic rings. The molecule has 166 valence electrons. The third-order valence-corrected chi connectivity index (χ3v) is 7.07. The van der Waals surface area contributed by atoms with Crippen LogP contribution in [0.2, 0.25) is 0 Å².